The van der Waals surface area contributed by atoms with E-state index in [1.807, 2.05) is 20.8 Å². The number of hydrogen-bond acceptors (Lipinski definition) is 3. The highest BCUT2D eigenvalue weighted by atomic mass is 19.1. The molecule has 1 heterocycles. The number of aromatic nitrogens is 2. The summed E-state index contributed by atoms with van der Waals surface area (Å²) in [5.41, 5.74) is 5.73. The molecule has 0 amide bonds. The number of nitrogens with zero attached hydrogens (tertiary/aromatic N) is 2. The van der Waals surface area contributed by atoms with Crippen molar-refractivity contribution in [2.75, 3.05) is 19.0 Å². The predicted molar refractivity (Wildman–Crippen MR) is 157 cm³/mol. The van der Waals surface area contributed by atoms with E-state index in [-0.39, 0.29) is 5.95 Å². The molecule has 3 rings (SSSR count). The van der Waals surface area contributed by atoms with Gasteiger partial charge in [0.25, 0.3) is 0 Å². The van der Waals surface area contributed by atoms with Gasteiger partial charge in [-0.3, -0.25) is 0 Å². The fraction of sp³-hybridized carbons (Fsp3) is 0.485. The summed E-state index contributed by atoms with van der Waals surface area (Å²) in [4.78, 5) is 0. The van der Waals surface area contributed by atoms with Crippen LogP contribution in [0.1, 0.15) is 82.0 Å². The number of anilines is 1. The van der Waals surface area contributed by atoms with Crippen molar-refractivity contribution in [2.45, 2.75) is 84.2 Å². The van der Waals surface area contributed by atoms with Gasteiger partial charge in [-0.05, 0) is 63.8 Å². The molecule has 204 valence electrons. The van der Waals surface area contributed by atoms with Crippen LogP contribution < -0.4 is 5.32 Å². The number of aryl methyl sites for hydroxylation is 2. The first-order valence-electron chi connectivity index (χ1n) is 14.0. The summed E-state index contributed by atoms with van der Waals surface area (Å²) in [6, 6.07) is 16.9. The van der Waals surface area contributed by atoms with Gasteiger partial charge < -0.3 is 10.1 Å². The van der Waals surface area contributed by atoms with Crippen LogP contribution in [0.25, 0.3) is 11.1 Å². The van der Waals surface area contributed by atoms with Crippen molar-refractivity contribution in [3.8, 4) is 23.0 Å². The number of benzene rings is 2. The molecule has 0 saturated carbocycles. The van der Waals surface area contributed by atoms with Gasteiger partial charge in [-0.1, -0.05) is 80.7 Å². The predicted octanol–water partition coefficient (Wildman–Crippen LogP) is 8.09. The highest BCUT2D eigenvalue weighted by molar-refractivity contribution is 5.78. The summed E-state index contributed by atoms with van der Waals surface area (Å²) in [7, 11) is 3.35. The second-order valence-electron chi connectivity index (χ2n) is 10.6. The normalized spacial score (nSPS) is 11.3. The molecule has 5 heteroatoms. The average Bonchev–Trinajstić information content (AvgIpc) is 3.16. The lowest BCUT2D eigenvalue weighted by atomic mass is 10.0. The van der Waals surface area contributed by atoms with Crippen molar-refractivity contribution in [1.82, 2.24) is 9.78 Å². The number of halogens is 1. The van der Waals surface area contributed by atoms with Gasteiger partial charge >= 0.3 is 0 Å². The number of ether oxygens (including phenoxy) is 1. The van der Waals surface area contributed by atoms with Crippen LogP contribution in [0.5, 0.6) is 0 Å². The maximum Gasteiger partial charge on any atom is 0.214 e. The van der Waals surface area contributed by atoms with Crippen molar-refractivity contribution in [2.24, 2.45) is 7.05 Å². The maximum atomic E-state index is 14.0. The van der Waals surface area contributed by atoms with Crippen molar-refractivity contribution in [1.29, 1.82) is 0 Å². The Morgan fingerprint density at radius 2 is 1.55 bits per heavy atom. The summed E-state index contributed by atoms with van der Waals surface area (Å²) in [6.07, 6.45) is 10.4. The van der Waals surface area contributed by atoms with Crippen molar-refractivity contribution < 1.29 is 9.13 Å². The molecule has 38 heavy (non-hydrogen) atoms. The van der Waals surface area contributed by atoms with Crippen LogP contribution in [-0.2, 0) is 18.2 Å². The standard InChI is InChI=1S/C33H44FN3O/c1-26-29(32(34)37(4)36-26)16-12-10-8-6-7-9-11-15-25-35-31-18-14-13-17-30(31)28-21-19-27(20-22-28)23-24-33(2,3)38-5/h13-14,17-22,35H,6-12,15-16,25H2,1-5H3. The number of unbranched alkanes of at least 4 members (excludes halogenated alkanes) is 7. The molecule has 3 aromatic rings. The number of rotatable bonds is 14. The molecular formula is C33H44FN3O. The molecular weight excluding hydrogens is 473 g/mol. The lowest BCUT2D eigenvalue weighted by Gasteiger charge is -2.14. The molecule has 0 aliphatic heterocycles. The molecule has 0 saturated heterocycles. The first-order chi connectivity index (χ1) is 18.3. The van der Waals surface area contributed by atoms with Crippen LogP contribution in [0.3, 0.4) is 0 Å². The highest BCUT2D eigenvalue weighted by Crippen LogP contribution is 2.28. The molecule has 1 N–H and O–H groups in total. The molecule has 0 aliphatic rings. The smallest absolute Gasteiger partial charge is 0.214 e. The third kappa shape index (κ3) is 9.03. The quantitative estimate of drug-likeness (QED) is 0.173. The Morgan fingerprint density at radius 3 is 2.18 bits per heavy atom. The monoisotopic (exact) mass is 517 g/mol. The Bertz CT molecular complexity index is 1200. The van der Waals surface area contributed by atoms with Gasteiger partial charge in [-0.2, -0.15) is 9.49 Å². The summed E-state index contributed by atoms with van der Waals surface area (Å²) in [6.45, 7) is 6.80. The topological polar surface area (TPSA) is 39.1 Å². The van der Waals surface area contributed by atoms with Crippen LogP contribution in [0, 0.1) is 24.7 Å². The zero-order valence-electron chi connectivity index (χ0n) is 23.9. The summed E-state index contributed by atoms with van der Waals surface area (Å²) in [5.74, 6) is 6.20. The third-order valence-electron chi connectivity index (χ3n) is 7.08. The van der Waals surface area contributed by atoms with Crippen molar-refractivity contribution in [3.05, 3.63) is 71.3 Å². The largest absolute Gasteiger partial charge is 0.385 e. The van der Waals surface area contributed by atoms with E-state index in [0.717, 1.165) is 49.0 Å². The van der Waals surface area contributed by atoms with Gasteiger partial charge in [0.1, 0.15) is 5.60 Å². The minimum absolute atomic E-state index is 0.176. The number of para-hydroxylation sites is 1. The second-order valence-corrected chi connectivity index (χ2v) is 10.6. The Balaban J connectivity index is 1.33. The molecule has 0 spiro atoms. The van der Waals surface area contributed by atoms with Crippen molar-refractivity contribution >= 4 is 5.69 Å². The van der Waals surface area contributed by atoms with E-state index in [4.69, 9.17) is 4.74 Å². The van der Waals surface area contributed by atoms with Gasteiger partial charge in [-0.25, -0.2) is 4.68 Å². The first-order valence-corrected chi connectivity index (χ1v) is 14.0. The van der Waals surface area contributed by atoms with E-state index in [1.165, 1.54) is 53.6 Å². The van der Waals surface area contributed by atoms with Gasteiger partial charge in [-0.15, -0.1) is 0 Å². The van der Waals surface area contributed by atoms with E-state index >= 15 is 0 Å². The Kier molecular flexibility index (Phi) is 11.4. The Labute approximate surface area is 229 Å². The molecule has 1 aromatic heterocycles. The summed E-state index contributed by atoms with van der Waals surface area (Å²) < 4.78 is 20.7. The molecule has 0 radical (unpaired) electrons. The van der Waals surface area contributed by atoms with E-state index < -0.39 is 5.60 Å². The number of nitrogens with one attached hydrogen (secondary N) is 1. The van der Waals surface area contributed by atoms with E-state index in [9.17, 15) is 4.39 Å². The average molecular weight is 518 g/mol. The Morgan fingerprint density at radius 1 is 0.921 bits per heavy atom. The zero-order valence-corrected chi connectivity index (χ0v) is 23.9. The summed E-state index contributed by atoms with van der Waals surface area (Å²) >= 11 is 0. The SMILES string of the molecule is COC(C)(C)C#Cc1ccc(-c2ccccc2NCCCCCCCCCCc2c(C)nn(C)c2F)cc1. The minimum atomic E-state index is -0.448. The third-order valence-corrected chi connectivity index (χ3v) is 7.08. The summed E-state index contributed by atoms with van der Waals surface area (Å²) in [5, 5.41) is 7.80. The molecule has 0 fully saturated rings. The van der Waals surface area contributed by atoms with Crippen molar-refractivity contribution in [3.63, 3.8) is 0 Å². The fourth-order valence-electron chi connectivity index (χ4n) is 4.56. The van der Waals surface area contributed by atoms with Crippen LogP contribution in [0.15, 0.2) is 48.5 Å². The lowest BCUT2D eigenvalue weighted by molar-refractivity contribution is 0.0742. The van der Waals surface area contributed by atoms with E-state index in [1.54, 1.807) is 14.2 Å². The van der Waals surface area contributed by atoms with Crippen LogP contribution >= 0.6 is 0 Å². The number of hydrogen-bond donors (Lipinski definition) is 1. The van der Waals surface area contributed by atoms with Crippen LogP contribution in [0.2, 0.25) is 0 Å². The molecule has 4 nitrogen and oxygen atoms in total. The molecule has 0 unspecified atom stereocenters. The lowest BCUT2D eigenvalue weighted by Crippen LogP contribution is -2.19. The van der Waals surface area contributed by atoms with Gasteiger partial charge in [0, 0.05) is 43.1 Å². The molecule has 2 aromatic carbocycles. The van der Waals surface area contributed by atoms with Gasteiger partial charge in [0.2, 0.25) is 5.95 Å². The minimum Gasteiger partial charge on any atom is -0.385 e. The van der Waals surface area contributed by atoms with E-state index in [0.29, 0.717) is 0 Å². The van der Waals surface area contributed by atoms with Crippen LogP contribution in [-0.4, -0.2) is 29.0 Å². The second kappa shape index (κ2) is 14.7. The fourth-order valence-corrected chi connectivity index (χ4v) is 4.56. The molecule has 0 aliphatic carbocycles. The zero-order chi connectivity index (χ0) is 27.4. The molecule has 0 atom stereocenters. The van der Waals surface area contributed by atoms with Gasteiger partial charge in [0.15, 0.2) is 0 Å². The maximum absolute atomic E-state index is 14.0. The molecule has 0 bridgehead atoms. The number of methoxy groups -OCH3 is 1. The highest BCUT2D eigenvalue weighted by Gasteiger charge is 2.12. The van der Waals surface area contributed by atoms with E-state index in [2.05, 4.69) is 70.8 Å². The van der Waals surface area contributed by atoms with Gasteiger partial charge in [0.05, 0.1) is 5.69 Å². The first kappa shape index (κ1) is 29.5. The van der Waals surface area contributed by atoms with Crippen LogP contribution in [0.4, 0.5) is 10.1 Å². The Hall–Kier alpha value is -3.10.